The van der Waals surface area contributed by atoms with E-state index < -0.39 is 0 Å². The molecular weight excluding hydrogens is 303 g/mol. The summed E-state index contributed by atoms with van der Waals surface area (Å²) in [4.78, 5) is 0. The summed E-state index contributed by atoms with van der Waals surface area (Å²) in [6.45, 7) is 2.29. The van der Waals surface area contributed by atoms with Crippen molar-refractivity contribution in [2.45, 2.75) is 103 Å². The van der Waals surface area contributed by atoms with Crippen molar-refractivity contribution in [3.05, 3.63) is 35.9 Å². The van der Waals surface area contributed by atoms with Crippen molar-refractivity contribution >= 4 is 51.4 Å². The van der Waals surface area contributed by atoms with Gasteiger partial charge in [-0.2, -0.15) is 0 Å². The molecule has 0 heterocycles. The van der Waals surface area contributed by atoms with Gasteiger partial charge >= 0.3 is 51.4 Å². The van der Waals surface area contributed by atoms with Gasteiger partial charge in [-0.15, -0.1) is 0 Å². The first kappa shape index (κ1) is 23.9. The summed E-state index contributed by atoms with van der Waals surface area (Å²) in [6, 6.07) is 10.9. The van der Waals surface area contributed by atoms with Crippen LogP contribution in [0.4, 0.5) is 0 Å². The summed E-state index contributed by atoms with van der Waals surface area (Å²) in [5.74, 6) is 0. The minimum atomic E-state index is 0. The summed E-state index contributed by atoms with van der Waals surface area (Å²) in [7, 11) is 0. The van der Waals surface area contributed by atoms with Gasteiger partial charge in [0.2, 0.25) is 0 Å². The molecule has 0 aliphatic carbocycles. The van der Waals surface area contributed by atoms with E-state index in [1.165, 1.54) is 102 Å². The van der Waals surface area contributed by atoms with Crippen LogP contribution in [0.5, 0.6) is 0 Å². The van der Waals surface area contributed by atoms with Crippen LogP contribution in [-0.4, -0.2) is 51.4 Å². The molecule has 0 aliphatic rings. The Morgan fingerprint density at radius 2 is 0.913 bits per heavy atom. The van der Waals surface area contributed by atoms with E-state index in [1.807, 2.05) is 0 Å². The summed E-state index contributed by atoms with van der Waals surface area (Å²) < 4.78 is 0. The molecule has 0 atom stereocenters. The molecule has 0 radical (unpaired) electrons. The van der Waals surface area contributed by atoms with E-state index in [0.717, 1.165) is 0 Å². The Hall–Kier alpha value is 0.856. The quantitative estimate of drug-likeness (QED) is 0.236. The van der Waals surface area contributed by atoms with Crippen LogP contribution in [-0.2, 0) is 6.42 Å². The third-order valence-electron chi connectivity index (χ3n) is 4.66. The third kappa shape index (κ3) is 16.1. The zero-order valence-corrected chi connectivity index (χ0v) is 15.0. The Kier molecular flexibility index (Phi) is 19.9. The molecule has 0 saturated heterocycles. The van der Waals surface area contributed by atoms with Crippen molar-refractivity contribution in [3.8, 4) is 0 Å². The fraction of sp³-hybridized carbons (Fsp3) is 0.727. The fourth-order valence-electron chi connectivity index (χ4n) is 3.17. The van der Waals surface area contributed by atoms with E-state index in [4.69, 9.17) is 0 Å². The number of hydrogen-bond acceptors (Lipinski definition) is 0. The molecule has 0 nitrogen and oxygen atoms in total. The molecule has 1 rings (SSSR count). The standard InChI is InChI=1S/C22H38.K.H/c1-2-3-4-5-6-7-8-9-10-11-12-13-14-16-19-22-20-17-15-18-21-22;;/h15,17-18,20-21H,2-14,16,19H2,1H3;;. The molecule has 0 bridgehead atoms. The SMILES string of the molecule is CCCCCCCCCCCCCCCCc1ccccc1.[KH]. The predicted octanol–water partition coefficient (Wildman–Crippen LogP) is 7.06. The van der Waals surface area contributed by atoms with Crippen LogP contribution in [0.15, 0.2) is 30.3 Å². The molecule has 1 aromatic rings. The Balaban J connectivity index is 0.00000484. The van der Waals surface area contributed by atoms with Crippen LogP contribution in [0.2, 0.25) is 0 Å². The molecule has 0 aliphatic heterocycles. The fourth-order valence-corrected chi connectivity index (χ4v) is 3.17. The van der Waals surface area contributed by atoms with E-state index in [2.05, 4.69) is 37.3 Å². The molecule has 1 heteroatoms. The average molecular weight is 343 g/mol. The Labute approximate surface area is 188 Å². The van der Waals surface area contributed by atoms with Crippen molar-refractivity contribution in [1.82, 2.24) is 0 Å². The van der Waals surface area contributed by atoms with Gasteiger partial charge in [-0.1, -0.05) is 121 Å². The molecule has 23 heavy (non-hydrogen) atoms. The van der Waals surface area contributed by atoms with Gasteiger partial charge in [0, 0.05) is 0 Å². The summed E-state index contributed by atoms with van der Waals surface area (Å²) >= 11 is 0. The zero-order chi connectivity index (χ0) is 15.7. The van der Waals surface area contributed by atoms with Gasteiger partial charge in [0.05, 0.1) is 0 Å². The van der Waals surface area contributed by atoms with Gasteiger partial charge in [-0.25, -0.2) is 0 Å². The third-order valence-corrected chi connectivity index (χ3v) is 4.66. The van der Waals surface area contributed by atoms with Crippen LogP contribution in [0.3, 0.4) is 0 Å². The van der Waals surface area contributed by atoms with Gasteiger partial charge < -0.3 is 0 Å². The van der Waals surface area contributed by atoms with Crippen LogP contribution in [0, 0.1) is 0 Å². The second-order valence-corrected chi connectivity index (χ2v) is 6.83. The van der Waals surface area contributed by atoms with E-state index in [0.29, 0.717) is 0 Å². The molecule has 0 fully saturated rings. The monoisotopic (exact) mass is 342 g/mol. The number of unbranched alkanes of at least 4 members (excludes halogenated alkanes) is 13. The van der Waals surface area contributed by atoms with Crippen LogP contribution in [0.25, 0.3) is 0 Å². The van der Waals surface area contributed by atoms with Gasteiger partial charge in [0.1, 0.15) is 0 Å². The molecule has 1 aromatic carbocycles. The van der Waals surface area contributed by atoms with Gasteiger partial charge in [-0.3, -0.25) is 0 Å². The molecule has 0 aromatic heterocycles. The second-order valence-electron chi connectivity index (χ2n) is 6.83. The van der Waals surface area contributed by atoms with E-state index in [-0.39, 0.29) is 51.4 Å². The van der Waals surface area contributed by atoms with Gasteiger partial charge in [0.15, 0.2) is 0 Å². The number of hydrogen-bond donors (Lipinski definition) is 0. The van der Waals surface area contributed by atoms with E-state index in [9.17, 15) is 0 Å². The maximum atomic E-state index is 2.29. The predicted molar refractivity (Wildman–Crippen MR) is 108 cm³/mol. The first-order valence-corrected chi connectivity index (χ1v) is 9.97. The minimum absolute atomic E-state index is 0. The van der Waals surface area contributed by atoms with Crippen LogP contribution < -0.4 is 0 Å². The molecular formula is C22H39K. The summed E-state index contributed by atoms with van der Waals surface area (Å²) in [5.41, 5.74) is 1.50. The molecule has 0 N–H and O–H groups in total. The summed E-state index contributed by atoms with van der Waals surface area (Å²) in [5, 5.41) is 0. The topological polar surface area (TPSA) is 0 Å². The molecule has 0 amide bonds. The summed E-state index contributed by atoms with van der Waals surface area (Å²) in [6.07, 6.45) is 21.5. The first-order valence-electron chi connectivity index (χ1n) is 9.97. The average Bonchev–Trinajstić information content (AvgIpc) is 2.56. The molecule has 0 saturated carbocycles. The van der Waals surface area contributed by atoms with Crippen molar-refractivity contribution in [2.24, 2.45) is 0 Å². The number of aryl methyl sites for hydroxylation is 1. The van der Waals surface area contributed by atoms with E-state index in [1.54, 1.807) is 0 Å². The van der Waals surface area contributed by atoms with Gasteiger partial charge in [-0.05, 0) is 18.4 Å². The molecule has 0 spiro atoms. The number of benzene rings is 1. The Morgan fingerprint density at radius 3 is 1.35 bits per heavy atom. The van der Waals surface area contributed by atoms with Crippen LogP contribution in [0.1, 0.15) is 102 Å². The van der Waals surface area contributed by atoms with Crippen LogP contribution >= 0.6 is 0 Å². The Morgan fingerprint density at radius 1 is 0.522 bits per heavy atom. The maximum absolute atomic E-state index is 2.29. The van der Waals surface area contributed by atoms with Crippen molar-refractivity contribution < 1.29 is 0 Å². The van der Waals surface area contributed by atoms with Crippen molar-refractivity contribution in [2.75, 3.05) is 0 Å². The molecule has 128 valence electrons. The normalized spacial score (nSPS) is 10.5. The van der Waals surface area contributed by atoms with Crippen molar-refractivity contribution in [1.29, 1.82) is 0 Å². The molecule has 0 unspecified atom stereocenters. The first-order chi connectivity index (χ1) is 10.9. The van der Waals surface area contributed by atoms with Gasteiger partial charge in [0.25, 0.3) is 0 Å². The zero-order valence-electron chi connectivity index (χ0n) is 15.0. The number of rotatable bonds is 15. The second kappa shape index (κ2) is 19.2. The van der Waals surface area contributed by atoms with E-state index >= 15 is 0 Å². The Bertz CT molecular complexity index is 320. The van der Waals surface area contributed by atoms with Crippen molar-refractivity contribution in [3.63, 3.8) is 0 Å².